The Balaban J connectivity index is 1.99. The second-order valence-electron chi connectivity index (χ2n) is 3.55. The van der Waals surface area contributed by atoms with Crippen molar-refractivity contribution in [3.8, 4) is 11.5 Å². The summed E-state index contributed by atoms with van der Waals surface area (Å²) in [6.45, 7) is 3.86. The number of benzene rings is 1. The molecule has 0 bridgehead atoms. The Morgan fingerprint density at radius 2 is 2.00 bits per heavy atom. The maximum Gasteiger partial charge on any atom is 0.242 e. The maximum atomic E-state index is 11.7. The van der Waals surface area contributed by atoms with Gasteiger partial charge in [-0.1, -0.05) is 18.3 Å². The molecule has 2 aliphatic heterocycles. The number of hydrogen-bond donors (Lipinski definition) is 0. The molecule has 5 heteroatoms. The molecule has 0 radical (unpaired) electrons. The minimum atomic E-state index is 0.0345. The minimum Gasteiger partial charge on any atom is -0.458 e. The number of nitrogens with zero attached hydrogens (tertiary/aromatic N) is 1. The predicted molar refractivity (Wildman–Crippen MR) is 65.9 cm³/mol. The molecule has 2 heterocycles. The third-order valence-electron chi connectivity index (χ3n) is 2.49. The summed E-state index contributed by atoms with van der Waals surface area (Å²) in [5.41, 5.74) is 0.752. The fraction of sp³-hybridized carbons (Fsp3) is 0.0833. The zero-order valence-electron chi connectivity index (χ0n) is 8.88. The number of carbonyl (C=O) groups excluding carboxylic acids is 1. The number of rotatable bonds is 1. The molecule has 1 fully saturated rings. The summed E-state index contributed by atoms with van der Waals surface area (Å²) >= 11 is 1.44. The van der Waals surface area contributed by atoms with E-state index >= 15 is 0 Å². The van der Waals surface area contributed by atoms with Crippen LogP contribution < -0.4 is 14.4 Å². The van der Waals surface area contributed by atoms with E-state index < -0.39 is 0 Å². The fourth-order valence-corrected chi connectivity index (χ4v) is 2.48. The van der Waals surface area contributed by atoms with Crippen LogP contribution in [0, 0.1) is 0 Å². The molecule has 0 spiro atoms. The Labute approximate surface area is 103 Å². The fourth-order valence-electron chi connectivity index (χ4n) is 1.73. The van der Waals surface area contributed by atoms with Gasteiger partial charge in [-0.15, -0.1) is 0 Å². The van der Waals surface area contributed by atoms with Crippen LogP contribution in [0.3, 0.4) is 0 Å². The summed E-state index contributed by atoms with van der Waals surface area (Å²) < 4.78 is 10.6. The van der Waals surface area contributed by atoms with Crippen molar-refractivity contribution in [2.75, 3.05) is 10.7 Å². The largest absolute Gasteiger partial charge is 0.458 e. The van der Waals surface area contributed by atoms with E-state index in [4.69, 9.17) is 9.47 Å². The smallest absolute Gasteiger partial charge is 0.242 e. The molecule has 0 atom stereocenters. The Bertz CT molecular complexity index is 523. The molecule has 0 saturated carbocycles. The Hall–Kier alpha value is -1.88. The van der Waals surface area contributed by atoms with Crippen LogP contribution in [0.1, 0.15) is 0 Å². The molecule has 0 aromatic heterocycles. The van der Waals surface area contributed by atoms with Crippen LogP contribution in [-0.4, -0.2) is 11.7 Å². The lowest BCUT2D eigenvalue weighted by Gasteiger charge is -2.19. The highest BCUT2D eigenvalue weighted by Crippen LogP contribution is 2.38. The molecule has 0 N–H and O–H groups in total. The van der Waals surface area contributed by atoms with Crippen LogP contribution >= 0.6 is 11.8 Å². The van der Waals surface area contributed by atoms with E-state index in [-0.39, 0.29) is 5.91 Å². The van der Waals surface area contributed by atoms with Crippen molar-refractivity contribution < 1.29 is 14.3 Å². The predicted octanol–water partition coefficient (Wildman–Crippen LogP) is 2.48. The summed E-state index contributed by atoms with van der Waals surface area (Å²) in [6, 6.07) is 5.36. The van der Waals surface area contributed by atoms with Crippen LogP contribution in [0.15, 0.2) is 42.3 Å². The van der Waals surface area contributed by atoms with E-state index in [1.54, 1.807) is 17.0 Å². The molecule has 3 rings (SSSR count). The molecular weight excluding hydrogens is 238 g/mol. The van der Waals surface area contributed by atoms with Gasteiger partial charge in [0.2, 0.25) is 5.91 Å². The molecular formula is C12H9NO3S. The minimum absolute atomic E-state index is 0.0345. The van der Waals surface area contributed by atoms with Gasteiger partial charge in [-0.25, -0.2) is 0 Å². The zero-order valence-corrected chi connectivity index (χ0v) is 9.70. The van der Waals surface area contributed by atoms with Crippen molar-refractivity contribution in [2.24, 2.45) is 0 Å². The summed E-state index contributed by atoms with van der Waals surface area (Å²) in [5, 5.41) is 0.738. The van der Waals surface area contributed by atoms with Crippen LogP contribution in [0.25, 0.3) is 0 Å². The zero-order chi connectivity index (χ0) is 11.8. The van der Waals surface area contributed by atoms with Crippen molar-refractivity contribution in [1.82, 2.24) is 0 Å². The topological polar surface area (TPSA) is 38.8 Å². The molecule has 2 aliphatic rings. The molecule has 86 valence electrons. The highest BCUT2D eigenvalue weighted by Gasteiger charge is 2.27. The molecule has 0 unspecified atom stereocenters. The summed E-state index contributed by atoms with van der Waals surface area (Å²) in [4.78, 5) is 13.3. The van der Waals surface area contributed by atoms with E-state index in [0.717, 1.165) is 10.7 Å². The van der Waals surface area contributed by atoms with Gasteiger partial charge in [-0.05, 0) is 12.1 Å². The first-order valence-corrected chi connectivity index (χ1v) is 6.01. The maximum absolute atomic E-state index is 11.7. The molecule has 1 amide bonds. The van der Waals surface area contributed by atoms with Crippen molar-refractivity contribution in [2.45, 2.75) is 0 Å². The third kappa shape index (κ3) is 1.68. The van der Waals surface area contributed by atoms with Crippen LogP contribution in [0.5, 0.6) is 11.5 Å². The number of anilines is 1. The average molecular weight is 247 g/mol. The van der Waals surface area contributed by atoms with Crippen molar-refractivity contribution in [1.29, 1.82) is 0 Å². The lowest BCUT2D eigenvalue weighted by Crippen LogP contribution is -2.23. The van der Waals surface area contributed by atoms with Gasteiger partial charge in [0.15, 0.2) is 11.5 Å². The number of fused-ring (bicyclic) bond motifs is 1. The van der Waals surface area contributed by atoms with Crippen LogP contribution in [-0.2, 0) is 4.79 Å². The van der Waals surface area contributed by atoms with Crippen molar-refractivity contribution >= 4 is 23.4 Å². The summed E-state index contributed by atoms with van der Waals surface area (Å²) in [7, 11) is 0. The van der Waals surface area contributed by atoms with E-state index in [1.807, 2.05) is 6.07 Å². The lowest BCUT2D eigenvalue weighted by molar-refractivity contribution is -0.115. The molecule has 1 saturated heterocycles. The lowest BCUT2D eigenvalue weighted by atomic mass is 10.2. The molecule has 4 nitrogen and oxygen atoms in total. The highest BCUT2D eigenvalue weighted by molar-refractivity contribution is 8.04. The number of hydrogen-bond acceptors (Lipinski definition) is 4. The number of carbonyl (C=O) groups is 1. The molecule has 0 aliphatic carbocycles. The first kappa shape index (κ1) is 10.3. The first-order valence-electron chi connectivity index (χ1n) is 5.03. The molecule has 1 aromatic rings. The van der Waals surface area contributed by atoms with E-state index in [9.17, 15) is 4.79 Å². The van der Waals surface area contributed by atoms with Gasteiger partial charge in [0, 0.05) is 6.07 Å². The Morgan fingerprint density at radius 1 is 1.24 bits per heavy atom. The number of thioether (sulfide) groups is 1. The Kier molecular flexibility index (Phi) is 2.33. The molecule has 17 heavy (non-hydrogen) atoms. The van der Waals surface area contributed by atoms with Gasteiger partial charge in [-0.3, -0.25) is 9.69 Å². The summed E-state index contributed by atoms with van der Waals surface area (Å²) in [5.74, 6) is 1.71. The van der Waals surface area contributed by atoms with Gasteiger partial charge in [0.25, 0.3) is 0 Å². The highest BCUT2D eigenvalue weighted by atomic mass is 32.2. The quantitative estimate of drug-likeness (QED) is 0.764. The van der Waals surface area contributed by atoms with Gasteiger partial charge in [0.05, 0.1) is 16.5 Å². The average Bonchev–Trinajstić information content (AvgIpc) is 2.68. The van der Waals surface area contributed by atoms with Gasteiger partial charge in [-0.2, -0.15) is 0 Å². The number of amides is 1. The SMILES string of the molecule is C=C1SCC(=O)N1c1ccc2c(c1)OC=CO2. The van der Waals surface area contributed by atoms with E-state index in [1.165, 1.54) is 24.3 Å². The van der Waals surface area contributed by atoms with E-state index in [2.05, 4.69) is 6.58 Å². The van der Waals surface area contributed by atoms with E-state index in [0.29, 0.717) is 17.3 Å². The standard InChI is InChI=1S/C12H9NO3S/c1-8-13(12(14)7-17-8)9-2-3-10-11(6-9)16-5-4-15-10/h2-6H,1,7H2. The monoisotopic (exact) mass is 247 g/mol. The number of ether oxygens (including phenoxy) is 2. The first-order chi connectivity index (χ1) is 8.25. The second-order valence-corrected chi connectivity index (χ2v) is 4.60. The van der Waals surface area contributed by atoms with Gasteiger partial charge in [0.1, 0.15) is 12.5 Å². The third-order valence-corrected chi connectivity index (χ3v) is 3.40. The van der Waals surface area contributed by atoms with Gasteiger partial charge >= 0.3 is 0 Å². The van der Waals surface area contributed by atoms with Crippen molar-refractivity contribution in [3.63, 3.8) is 0 Å². The Morgan fingerprint density at radius 3 is 2.71 bits per heavy atom. The molecule has 1 aromatic carbocycles. The van der Waals surface area contributed by atoms with Crippen LogP contribution in [0.4, 0.5) is 5.69 Å². The summed E-state index contributed by atoms with van der Waals surface area (Å²) in [6.07, 6.45) is 2.93. The second kappa shape index (κ2) is 3.85. The van der Waals surface area contributed by atoms with Crippen LogP contribution in [0.2, 0.25) is 0 Å². The van der Waals surface area contributed by atoms with Gasteiger partial charge < -0.3 is 9.47 Å². The normalized spacial score (nSPS) is 17.8. The van der Waals surface area contributed by atoms with Crippen molar-refractivity contribution in [3.05, 3.63) is 42.3 Å².